The number of alkyl halides is 3. The molecular formula is C22H21F3N4O2S. The number of hydrogen-bond donors (Lipinski definition) is 1. The number of rotatable bonds is 3. The summed E-state index contributed by atoms with van der Waals surface area (Å²) in [6.07, 6.45) is -4.40. The summed E-state index contributed by atoms with van der Waals surface area (Å²) >= 11 is 5.23. The number of carbonyl (C=O) groups is 1. The molecule has 0 atom stereocenters. The van der Waals surface area contributed by atoms with Gasteiger partial charge in [0.25, 0.3) is 11.5 Å². The fraction of sp³-hybridized carbons (Fsp3) is 0.318. The molecule has 2 aromatic carbocycles. The van der Waals surface area contributed by atoms with E-state index in [0.717, 1.165) is 12.1 Å². The Balaban J connectivity index is 1.51. The van der Waals surface area contributed by atoms with Crippen molar-refractivity contribution in [2.45, 2.75) is 19.6 Å². The molecule has 32 heavy (non-hydrogen) atoms. The Morgan fingerprint density at radius 1 is 1.09 bits per heavy atom. The molecule has 3 aromatic rings. The highest BCUT2D eigenvalue weighted by Crippen LogP contribution is 2.32. The number of amides is 1. The van der Waals surface area contributed by atoms with Crippen LogP contribution in [0.5, 0.6) is 0 Å². The van der Waals surface area contributed by atoms with Gasteiger partial charge >= 0.3 is 6.18 Å². The van der Waals surface area contributed by atoms with Crippen LogP contribution < -0.4 is 10.5 Å². The van der Waals surface area contributed by atoms with Crippen LogP contribution in [-0.2, 0) is 12.7 Å². The minimum atomic E-state index is -4.40. The number of aromatic nitrogens is 2. The molecule has 0 saturated carbocycles. The second kappa shape index (κ2) is 8.42. The van der Waals surface area contributed by atoms with E-state index in [1.807, 2.05) is 11.8 Å². The molecule has 168 valence electrons. The van der Waals surface area contributed by atoms with Crippen LogP contribution in [0.3, 0.4) is 0 Å². The quantitative estimate of drug-likeness (QED) is 0.597. The molecule has 0 spiro atoms. The highest BCUT2D eigenvalue weighted by atomic mass is 32.1. The van der Waals surface area contributed by atoms with E-state index < -0.39 is 11.7 Å². The third-order valence-electron chi connectivity index (χ3n) is 5.65. The number of nitrogens with one attached hydrogen (secondary N) is 1. The summed E-state index contributed by atoms with van der Waals surface area (Å²) in [7, 11) is 0. The van der Waals surface area contributed by atoms with E-state index in [-0.39, 0.29) is 11.5 Å². The maximum atomic E-state index is 13.0. The first-order valence-corrected chi connectivity index (χ1v) is 10.6. The molecule has 1 aliphatic rings. The lowest BCUT2D eigenvalue weighted by Crippen LogP contribution is -2.48. The van der Waals surface area contributed by atoms with E-state index in [4.69, 9.17) is 12.2 Å². The lowest BCUT2D eigenvalue weighted by Gasteiger charge is -2.36. The molecule has 1 aromatic heterocycles. The summed E-state index contributed by atoms with van der Waals surface area (Å²) in [4.78, 5) is 32.0. The minimum absolute atomic E-state index is 0.199. The number of fused-ring (bicyclic) bond motifs is 1. The van der Waals surface area contributed by atoms with Crippen molar-refractivity contribution in [2.24, 2.45) is 0 Å². The van der Waals surface area contributed by atoms with Crippen molar-refractivity contribution in [3.63, 3.8) is 0 Å². The summed E-state index contributed by atoms with van der Waals surface area (Å²) in [6.45, 7) is 3.87. The number of benzene rings is 2. The molecule has 1 N–H and O–H groups in total. The zero-order chi connectivity index (χ0) is 23.0. The van der Waals surface area contributed by atoms with E-state index in [2.05, 4.69) is 4.98 Å². The zero-order valence-corrected chi connectivity index (χ0v) is 18.1. The largest absolute Gasteiger partial charge is 0.416 e. The number of halogens is 3. The summed E-state index contributed by atoms with van der Waals surface area (Å²) < 4.78 is 40.7. The second-order valence-electron chi connectivity index (χ2n) is 7.57. The van der Waals surface area contributed by atoms with E-state index in [0.29, 0.717) is 59.6 Å². The van der Waals surface area contributed by atoms with Gasteiger partial charge in [-0.1, -0.05) is 6.07 Å². The lowest BCUT2D eigenvalue weighted by molar-refractivity contribution is -0.137. The van der Waals surface area contributed by atoms with E-state index >= 15 is 0 Å². The van der Waals surface area contributed by atoms with Gasteiger partial charge in [0.1, 0.15) is 0 Å². The Kier molecular flexibility index (Phi) is 5.81. The van der Waals surface area contributed by atoms with Crippen molar-refractivity contribution in [2.75, 3.05) is 31.1 Å². The van der Waals surface area contributed by atoms with Gasteiger partial charge in [0, 0.05) is 44.0 Å². The first-order chi connectivity index (χ1) is 15.2. The molecule has 0 radical (unpaired) electrons. The van der Waals surface area contributed by atoms with E-state index in [1.165, 1.54) is 10.6 Å². The average molecular weight is 462 g/mol. The lowest BCUT2D eigenvalue weighted by atomic mass is 10.1. The molecule has 2 heterocycles. The fourth-order valence-corrected chi connectivity index (χ4v) is 4.23. The molecule has 1 fully saturated rings. The van der Waals surface area contributed by atoms with E-state index in [1.54, 1.807) is 29.2 Å². The number of piperazine rings is 1. The molecule has 0 aliphatic carbocycles. The van der Waals surface area contributed by atoms with Gasteiger partial charge in [-0.15, -0.1) is 0 Å². The predicted molar refractivity (Wildman–Crippen MR) is 119 cm³/mol. The third kappa shape index (κ3) is 4.14. The molecule has 0 bridgehead atoms. The maximum Gasteiger partial charge on any atom is 0.416 e. The van der Waals surface area contributed by atoms with Crippen LogP contribution in [0.15, 0.2) is 47.3 Å². The monoisotopic (exact) mass is 462 g/mol. The molecule has 1 aliphatic heterocycles. The van der Waals surface area contributed by atoms with Crippen molar-refractivity contribution in [3.05, 3.63) is 68.7 Å². The van der Waals surface area contributed by atoms with Gasteiger partial charge in [-0.05, 0) is 55.5 Å². The van der Waals surface area contributed by atoms with Crippen molar-refractivity contribution in [1.29, 1.82) is 0 Å². The summed E-state index contributed by atoms with van der Waals surface area (Å²) in [6, 6.07) is 10.1. The smallest absolute Gasteiger partial charge is 0.368 e. The average Bonchev–Trinajstić information content (AvgIpc) is 2.78. The van der Waals surface area contributed by atoms with Crippen LogP contribution in [0.2, 0.25) is 0 Å². The Morgan fingerprint density at radius 3 is 2.47 bits per heavy atom. The topological polar surface area (TPSA) is 61.3 Å². The predicted octanol–water partition coefficient (Wildman–Crippen LogP) is 4.06. The highest BCUT2D eigenvalue weighted by Gasteiger charge is 2.31. The van der Waals surface area contributed by atoms with Crippen LogP contribution in [0.4, 0.5) is 18.9 Å². The van der Waals surface area contributed by atoms with Crippen molar-refractivity contribution >= 4 is 34.7 Å². The molecule has 1 saturated heterocycles. The summed E-state index contributed by atoms with van der Waals surface area (Å²) in [5.74, 6) is -0.199. The molecular weight excluding hydrogens is 441 g/mol. The fourth-order valence-electron chi connectivity index (χ4n) is 3.90. The van der Waals surface area contributed by atoms with Crippen molar-refractivity contribution in [1.82, 2.24) is 14.5 Å². The number of nitrogens with zero attached hydrogens (tertiary/aromatic N) is 3. The van der Waals surface area contributed by atoms with Gasteiger partial charge < -0.3 is 14.8 Å². The second-order valence-corrected chi connectivity index (χ2v) is 7.95. The molecule has 4 rings (SSSR count). The van der Waals surface area contributed by atoms with Crippen molar-refractivity contribution in [3.8, 4) is 0 Å². The minimum Gasteiger partial charge on any atom is -0.368 e. The first kappa shape index (κ1) is 22.1. The standard InChI is InChI=1S/C22H21F3N4O2S/c1-2-29-20(31)17-7-6-14(12-18(17)26-21(29)32)19(30)28-10-8-27(9-11-28)16-5-3-4-15(13-16)22(23,24)25/h3-7,12-13H,2,8-11H2,1H3,(H,26,32). The normalized spacial score (nSPS) is 14.8. The summed E-state index contributed by atoms with van der Waals surface area (Å²) in [5, 5.41) is 0.450. The number of anilines is 1. The van der Waals surface area contributed by atoms with Gasteiger partial charge in [0.2, 0.25) is 0 Å². The number of hydrogen-bond acceptors (Lipinski definition) is 4. The van der Waals surface area contributed by atoms with Gasteiger partial charge in [-0.3, -0.25) is 14.2 Å². The van der Waals surface area contributed by atoms with Crippen LogP contribution >= 0.6 is 12.2 Å². The van der Waals surface area contributed by atoms with Gasteiger partial charge in [-0.2, -0.15) is 13.2 Å². The molecule has 6 nitrogen and oxygen atoms in total. The van der Waals surface area contributed by atoms with Gasteiger partial charge in [0.05, 0.1) is 16.5 Å². The summed E-state index contributed by atoms with van der Waals surface area (Å²) in [5.41, 5.74) is 0.504. The van der Waals surface area contributed by atoms with Crippen LogP contribution in [0.25, 0.3) is 10.9 Å². The Morgan fingerprint density at radius 2 is 1.81 bits per heavy atom. The molecule has 0 unspecified atom stereocenters. The maximum absolute atomic E-state index is 13.0. The van der Waals surface area contributed by atoms with E-state index in [9.17, 15) is 22.8 Å². The molecule has 10 heteroatoms. The highest BCUT2D eigenvalue weighted by molar-refractivity contribution is 7.71. The third-order valence-corrected chi connectivity index (χ3v) is 5.97. The molecule has 1 amide bonds. The van der Waals surface area contributed by atoms with Gasteiger partial charge in [-0.25, -0.2) is 0 Å². The Hall–Kier alpha value is -3.14. The van der Waals surface area contributed by atoms with Gasteiger partial charge in [0.15, 0.2) is 4.77 Å². The Labute approximate surface area is 186 Å². The zero-order valence-electron chi connectivity index (χ0n) is 17.3. The van der Waals surface area contributed by atoms with Crippen LogP contribution in [-0.4, -0.2) is 46.5 Å². The number of carbonyl (C=O) groups excluding carboxylic acids is 1. The number of H-pyrrole nitrogens is 1. The Bertz CT molecular complexity index is 1290. The van der Waals surface area contributed by atoms with Crippen LogP contribution in [0, 0.1) is 4.77 Å². The SMILES string of the molecule is CCn1c(=S)[nH]c2cc(C(=O)N3CCN(c4cccc(C(F)(F)F)c4)CC3)ccc2c1=O. The first-order valence-electron chi connectivity index (χ1n) is 10.2. The van der Waals surface area contributed by atoms with Crippen LogP contribution in [0.1, 0.15) is 22.8 Å². The van der Waals surface area contributed by atoms with Crippen molar-refractivity contribution < 1.29 is 18.0 Å². The number of aromatic amines is 1.